The molecule has 216 valence electrons. The molecule has 0 aliphatic carbocycles. The van der Waals surface area contributed by atoms with Crippen LogP contribution in [0.3, 0.4) is 0 Å². The Bertz CT molecular complexity index is 1610. The van der Waals surface area contributed by atoms with E-state index in [2.05, 4.69) is 20.7 Å². The number of carbonyl (C=O) groups is 3. The number of aromatic nitrogens is 4. The second kappa shape index (κ2) is 11.8. The number of alkyl halides is 3. The molecule has 10 nitrogen and oxygen atoms in total. The highest BCUT2D eigenvalue weighted by Gasteiger charge is 2.35. The van der Waals surface area contributed by atoms with Crippen LogP contribution in [0.1, 0.15) is 58.7 Å². The van der Waals surface area contributed by atoms with E-state index >= 15 is 0 Å². The zero-order valence-electron chi connectivity index (χ0n) is 22.6. The molecule has 0 bridgehead atoms. The Morgan fingerprint density at radius 3 is 2.54 bits per heavy atom. The van der Waals surface area contributed by atoms with Crippen molar-refractivity contribution in [3.63, 3.8) is 0 Å². The van der Waals surface area contributed by atoms with Gasteiger partial charge in [-0.2, -0.15) is 13.2 Å². The Balaban J connectivity index is 1.62. The van der Waals surface area contributed by atoms with E-state index in [1.165, 1.54) is 7.05 Å². The van der Waals surface area contributed by atoms with Crippen LogP contribution in [0.2, 0.25) is 0 Å². The second-order valence-corrected chi connectivity index (χ2v) is 9.70. The maximum atomic E-state index is 13.5. The van der Waals surface area contributed by atoms with Crippen LogP contribution in [0.4, 0.5) is 18.9 Å². The Morgan fingerprint density at radius 2 is 1.88 bits per heavy atom. The minimum absolute atomic E-state index is 0.0272. The third-order valence-electron chi connectivity index (χ3n) is 6.72. The molecule has 2 aromatic heterocycles. The zero-order valence-corrected chi connectivity index (χ0v) is 22.6. The van der Waals surface area contributed by atoms with E-state index in [1.807, 2.05) is 19.2 Å². The topological polar surface area (TPSA) is 131 Å². The van der Waals surface area contributed by atoms with Gasteiger partial charge in [0, 0.05) is 41.8 Å². The maximum Gasteiger partial charge on any atom is 0.453 e. The molecule has 4 rings (SSSR count). The summed E-state index contributed by atoms with van der Waals surface area (Å²) in [5.41, 5.74) is 3.73. The summed E-state index contributed by atoms with van der Waals surface area (Å²) in [6.07, 6.45) is -1.23. The largest absolute Gasteiger partial charge is 0.481 e. The number of hydrogen-bond acceptors (Lipinski definition) is 5. The first kappa shape index (κ1) is 29.3. The molecule has 0 radical (unpaired) electrons. The lowest BCUT2D eigenvalue weighted by Crippen LogP contribution is -2.24. The molecule has 0 fully saturated rings. The van der Waals surface area contributed by atoms with E-state index < -0.39 is 24.0 Å². The Kier molecular flexibility index (Phi) is 8.45. The van der Waals surface area contributed by atoms with Crippen molar-refractivity contribution in [3.05, 3.63) is 77.0 Å². The van der Waals surface area contributed by atoms with Crippen molar-refractivity contribution >= 4 is 34.4 Å². The molecule has 0 aliphatic heterocycles. The first-order chi connectivity index (χ1) is 19.4. The van der Waals surface area contributed by atoms with Gasteiger partial charge in [-0.15, -0.1) is 5.10 Å². The quantitative estimate of drug-likeness (QED) is 0.256. The molecule has 13 heteroatoms. The molecule has 2 amide bonds. The average Bonchev–Trinajstić information content (AvgIpc) is 3.53. The summed E-state index contributed by atoms with van der Waals surface area (Å²) in [6.45, 7) is 3.59. The van der Waals surface area contributed by atoms with Gasteiger partial charge < -0.3 is 20.3 Å². The Hall–Kier alpha value is -4.68. The summed E-state index contributed by atoms with van der Waals surface area (Å²) in [4.78, 5) is 40.0. The fraction of sp³-hybridized carbons (Fsp3) is 0.321. The Labute approximate surface area is 233 Å². The van der Waals surface area contributed by atoms with Gasteiger partial charge in [0.25, 0.3) is 11.7 Å². The zero-order chi connectivity index (χ0) is 29.9. The van der Waals surface area contributed by atoms with Crippen molar-refractivity contribution in [2.75, 3.05) is 12.4 Å². The van der Waals surface area contributed by atoms with Gasteiger partial charge in [-0.3, -0.25) is 14.4 Å². The highest BCUT2D eigenvalue weighted by molar-refractivity contribution is 6.00. The molecule has 3 N–H and O–H groups in total. The number of hydrogen-bond donors (Lipinski definition) is 3. The van der Waals surface area contributed by atoms with Crippen molar-refractivity contribution in [1.29, 1.82) is 0 Å². The lowest BCUT2D eigenvalue weighted by Gasteiger charge is -2.18. The molecule has 4 aromatic rings. The summed E-state index contributed by atoms with van der Waals surface area (Å²) in [5, 5.41) is 18.9. The van der Waals surface area contributed by atoms with E-state index in [0.29, 0.717) is 40.7 Å². The predicted molar refractivity (Wildman–Crippen MR) is 145 cm³/mol. The number of carboxylic acid groups (broad SMARTS) is 1. The third kappa shape index (κ3) is 6.73. The normalized spacial score (nSPS) is 12.3. The average molecular weight is 571 g/mol. The number of amides is 2. The summed E-state index contributed by atoms with van der Waals surface area (Å²) in [7, 11) is 1.53. The number of carboxylic acids is 1. The smallest absolute Gasteiger partial charge is 0.453 e. The lowest BCUT2D eigenvalue weighted by atomic mass is 10.0. The molecular formula is C28H29F3N6O4. The predicted octanol–water partition coefficient (Wildman–Crippen LogP) is 4.57. The van der Waals surface area contributed by atoms with E-state index in [1.54, 1.807) is 41.8 Å². The number of aliphatic carboxylic acids is 1. The number of rotatable bonds is 10. The van der Waals surface area contributed by atoms with Crippen molar-refractivity contribution in [3.8, 4) is 0 Å². The molecular weight excluding hydrogens is 541 g/mol. The molecule has 0 saturated carbocycles. The van der Waals surface area contributed by atoms with Gasteiger partial charge in [0.1, 0.15) is 12.4 Å². The van der Waals surface area contributed by atoms with Gasteiger partial charge in [-0.1, -0.05) is 18.2 Å². The van der Waals surface area contributed by atoms with E-state index in [9.17, 15) is 27.6 Å². The summed E-state index contributed by atoms with van der Waals surface area (Å²) in [6, 6.07) is 9.59. The number of nitrogens with one attached hydrogen (secondary N) is 2. The van der Waals surface area contributed by atoms with Crippen LogP contribution in [-0.2, 0) is 28.7 Å². The molecule has 1 unspecified atom stereocenters. The Morgan fingerprint density at radius 1 is 1.12 bits per heavy atom. The van der Waals surface area contributed by atoms with E-state index in [-0.39, 0.29) is 24.8 Å². The monoisotopic (exact) mass is 570 g/mol. The van der Waals surface area contributed by atoms with Gasteiger partial charge >= 0.3 is 12.1 Å². The van der Waals surface area contributed by atoms with Crippen LogP contribution < -0.4 is 10.6 Å². The lowest BCUT2D eigenvalue weighted by molar-refractivity contribution is -0.145. The van der Waals surface area contributed by atoms with Crippen molar-refractivity contribution in [1.82, 2.24) is 24.6 Å². The van der Waals surface area contributed by atoms with Crippen LogP contribution >= 0.6 is 0 Å². The molecule has 41 heavy (non-hydrogen) atoms. The molecule has 0 saturated heterocycles. The van der Waals surface area contributed by atoms with Crippen molar-refractivity contribution in [2.45, 2.75) is 51.9 Å². The van der Waals surface area contributed by atoms with Crippen LogP contribution in [-0.4, -0.2) is 49.3 Å². The number of fused-ring (bicyclic) bond motifs is 1. The SMILES string of the molecule is CNC(=O)c1ccc2c(C)cn(C(C)C(=O)Nc3cc(Cn4cnc(C(F)(F)F)n4)ccc3CCCC(=O)O)c2c1. The van der Waals surface area contributed by atoms with E-state index in [0.717, 1.165) is 22.0 Å². The standard InChI is InChI=1S/C28H29F3N6O4/c1-16-13-37(23-12-20(26(41)32-3)9-10-21(16)23)17(2)25(40)34-22-11-18(7-8-19(22)5-4-6-24(38)39)14-36-15-33-27(35-36)28(29,30)31/h7-13,15,17H,4-6,14H2,1-3H3,(H,32,41)(H,34,40)(H,38,39). The van der Waals surface area contributed by atoms with Crippen LogP contribution in [0.15, 0.2) is 48.9 Å². The van der Waals surface area contributed by atoms with Crippen LogP contribution in [0, 0.1) is 6.92 Å². The third-order valence-corrected chi connectivity index (χ3v) is 6.72. The number of anilines is 1. The molecule has 0 spiro atoms. The van der Waals surface area contributed by atoms with E-state index in [4.69, 9.17) is 5.11 Å². The van der Waals surface area contributed by atoms with Gasteiger partial charge in [-0.05, 0) is 61.6 Å². The highest BCUT2D eigenvalue weighted by Crippen LogP contribution is 2.28. The summed E-state index contributed by atoms with van der Waals surface area (Å²) >= 11 is 0. The first-order valence-electron chi connectivity index (χ1n) is 12.8. The minimum Gasteiger partial charge on any atom is -0.481 e. The van der Waals surface area contributed by atoms with Gasteiger partial charge in [-0.25, -0.2) is 9.67 Å². The second-order valence-electron chi connectivity index (χ2n) is 9.70. The van der Waals surface area contributed by atoms with Crippen LogP contribution in [0.25, 0.3) is 10.9 Å². The number of carbonyl (C=O) groups excluding carboxylic acids is 2. The number of benzene rings is 2. The fourth-order valence-corrected chi connectivity index (χ4v) is 4.57. The molecule has 2 aromatic carbocycles. The van der Waals surface area contributed by atoms with Crippen LogP contribution in [0.5, 0.6) is 0 Å². The highest BCUT2D eigenvalue weighted by atomic mass is 19.4. The number of halogens is 3. The van der Waals surface area contributed by atoms with Gasteiger partial charge in [0.2, 0.25) is 5.91 Å². The summed E-state index contributed by atoms with van der Waals surface area (Å²) in [5.74, 6) is -2.83. The number of aryl methyl sites for hydroxylation is 2. The summed E-state index contributed by atoms with van der Waals surface area (Å²) < 4.78 is 41.6. The fourth-order valence-electron chi connectivity index (χ4n) is 4.57. The van der Waals surface area contributed by atoms with Crippen molar-refractivity contribution < 1.29 is 32.7 Å². The molecule has 0 aliphatic rings. The van der Waals surface area contributed by atoms with Gasteiger partial charge in [0.05, 0.1) is 6.54 Å². The maximum absolute atomic E-state index is 13.5. The first-order valence-corrected chi connectivity index (χ1v) is 12.8. The minimum atomic E-state index is -4.67. The number of nitrogens with zero attached hydrogens (tertiary/aromatic N) is 4. The van der Waals surface area contributed by atoms with Crippen molar-refractivity contribution in [2.24, 2.45) is 0 Å². The molecule has 2 heterocycles. The van der Waals surface area contributed by atoms with Gasteiger partial charge in [0.15, 0.2) is 0 Å². The molecule has 1 atom stereocenters.